The molecule has 3 unspecified atom stereocenters. The smallest absolute Gasteiger partial charge is 0.249 e. The fourth-order valence-electron chi connectivity index (χ4n) is 5.18. The molecule has 5 nitrogen and oxygen atoms in total. The van der Waals surface area contributed by atoms with Crippen molar-refractivity contribution >= 4 is 5.91 Å². The molecule has 4 N–H and O–H groups in total. The first-order valence-corrected chi connectivity index (χ1v) is 17.7. The third-order valence-electron chi connectivity index (χ3n) is 8.04. The number of rotatable bonds is 31. The Hall–Kier alpha value is -1.17. The maximum atomic E-state index is 12.3. The number of unbranched alkanes of at least 4 members (excludes halogenated alkanes) is 21. The van der Waals surface area contributed by atoms with Crippen molar-refractivity contribution < 1.29 is 20.1 Å². The highest BCUT2D eigenvalue weighted by molar-refractivity contribution is 5.80. The van der Waals surface area contributed by atoms with Crippen LogP contribution in [0, 0.1) is 0 Å². The molecule has 0 radical (unpaired) electrons. The average molecular weight is 580 g/mol. The topological polar surface area (TPSA) is 89.8 Å². The first-order valence-electron chi connectivity index (χ1n) is 17.7. The molecule has 0 spiro atoms. The summed E-state index contributed by atoms with van der Waals surface area (Å²) in [5.41, 5.74) is 0. The number of aliphatic hydroxyl groups is 3. The van der Waals surface area contributed by atoms with Crippen molar-refractivity contribution in [1.29, 1.82) is 0 Å². The molecule has 3 atom stereocenters. The zero-order chi connectivity index (χ0) is 30.2. The largest absolute Gasteiger partial charge is 0.394 e. The van der Waals surface area contributed by atoms with Crippen LogP contribution in [0.25, 0.3) is 0 Å². The Morgan fingerprint density at radius 1 is 0.585 bits per heavy atom. The molecular weight excluding hydrogens is 510 g/mol. The molecule has 0 aromatic rings. The van der Waals surface area contributed by atoms with E-state index in [2.05, 4.69) is 31.3 Å². The van der Waals surface area contributed by atoms with Crippen LogP contribution < -0.4 is 5.32 Å². The number of hydrogen-bond donors (Lipinski definition) is 4. The van der Waals surface area contributed by atoms with Gasteiger partial charge in [0.1, 0.15) is 6.10 Å². The average Bonchev–Trinajstić information content (AvgIpc) is 2.98. The standard InChI is InChI=1S/C36H69NO4/c1-3-5-7-9-11-13-15-16-17-18-19-20-21-23-25-27-29-31-35(40)36(41)37-33(32-38)34(39)30-28-26-24-22-14-12-10-8-6-4-2/h19-20,28,30,33-35,38-40H,3-18,21-27,29,31-32H2,1-2H3,(H,37,41)/b20-19-,30-28+. The molecule has 0 aromatic heterocycles. The van der Waals surface area contributed by atoms with Crippen LogP contribution in [-0.2, 0) is 4.79 Å². The van der Waals surface area contributed by atoms with Gasteiger partial charge in [0.15, 0.2) is 0 Å². The van der Waals surface area contributed by atoms with Crippen LogP contribution in [0.1, 0.15) is 174 Å². The molecule has 0 saturated carbocycles. The quantitative estimate of drug-likeness (QED) is 0.0487. The van der Waals surface area contributed by atoms with E-state index in [0.717, 1.165) is 44.9 Å². The van der Waals surface area contributed by atoms with E-state index in [4.69, 9.17) is 0 Å². The van der Waals surface area contributed by atoms with E-state index in [0.29, 0.717) is 6.42 Å². The Morgan fingerprint density at radius 3 is 1.41 bits per heavy atom. The highest BCUT2D eigenvalue weighted by Crippen LogP contribution is 2.13. The monoisotopic (exact) mass is 580 g/mol. The van der Waals surface area contributed by atoms with E-state index in [1.807, 2.05) is 6.08 Å². The predicted molar refractivity (Wildman–Crippen MR) is 176 cm³/mol. The number of carbonyl (C=O) groups excluding carboxylic acids is 1. The van der Waals surface area contributed by atoms with Crippen molar-refractivity contribution in [3.8, 4) is 0 Å². The van der Waals surface area contributed by atoms with Gasteiger partial charge in [-0.05, 0) is 44.9 Å². The first kappa shape index (κ1) is 39.8. The van der Waals surface area contributed by atoms with Gasteiger partial charge in [0.05, 0.1) is 18.8 Å². The second-order valence-electron chi connectivity index (χ2n) is 12.1. The highest BCUT2D eigenvalue weighted by atomic mass is 16.3. The van der Waals surface area contributed by atoms with Crippen molar-refractivity contribution in [2.24, 2.45) is 0 Å². The molecule has 41 heavy (non-hydrogen) atoms. The molecule has 0 aliphatic carbocycles. The highest BCUT2D eigenvalue weighted by Gasteiger charge is 2.22. The second-order valence-corrected chi connectivity index (χ2v) is 12.1. The summed E-state index contributed by atoms with van der Waals surface area (Å²) in [6.45, 7) is 4.13. The summed E-state index contributed by atoms with van der Waals surface area (Å²) < 4.78 is 0. The van der Waals surface area contributed by atoms with Crippen molar-refractivity contribution in [3.63, 3.8) is 0 Å². The number of carbonyl (C=O) groups is 1. The van der Waals surface area contributed by atoms with Gasteiger partial charge in [-0.2, -0.15) is 0 Å². The molecular formula is C36H69NO4. The SMILES string of the molecule is CCCCCCCCCC/C=C/C(O)C(CO)NC(=O)C(O)CCCCCC/C=C\CCCCCCCCCCC. The maximum Gasteiger partial charge on any atom is 0.249 e. The van der Waals surface area contributed by atoms with Gasteiger partial charge in [-0.25, -0.2) is 0 Å². The van der Waals surface area contributed by atoms with Gasteiger partial charge in [-0.1, -0.05) is 154 Å². The van der Waals surface area contributed by atoms with E-state index in [9.17, 15) is 20.1 Å². The molecule has 5 heteroatoms. The van der Waals surface area contributed by atoms with Crippen LogP contribution in [0.5, 0.6) is 0 Å². The molecule has 0 heterocycles. The van der Waals surface area contributed by atoms with Crippen LogP contribution in [0.2, 0.25) is 0 Å². The van der Waals surface area contributed by atoms with Crippen LogP contribution in [0.15, 0.2) is 24.3 Å². The fraction of sp³-hybridized carbons (Fsp3) is 0.861. The lowest BCUT2D eigenvalue weighted by Gasteiger charge is -2.21. The molecule has 0 rings (SSSR count). The Balaban J connectivity index is 3.76. The molecule has 242 valence electrons. The van der Waals surface area contributed by atoms with Crippen molar-refractivity contribution in [2.75, 3.05) is 6.61 Å². The van der Waals surface area contributed by atoms with Gasteiger partial charge in [-0.15, -0.1) is 0 Å². The van der Waals surface area contributed by atoms with Gasteiger partial charge in [0, 0.05) is 0 Å². The van der Waals surface area contributed by atoms with Gasteiger partial charge in [-0.3, -0.25) is 4.79 Å². The third kappa shape index (κ3) is 27.4. The molecule has 1 amide bonds. The van der Waals surface area contributed by atoms with Crippen LogP contribution >= 0.6 is 0 Å². The Labute approximate surface area is 254 Å². The summed E-state index contributed by atoms with van der Waals surface area (Å²) >= 11 is 0. The predicted octanol–water partition coefficient (Wildman–Crippen LogP) is 9.09. The van der Waals surface area contributed by atoms with Crippen LogP contribution in [0.3, 0.4) is 0 Å². The number of allylic oxidation sites excluding steroid dienone is 3. The summed E-state index contributed by atoms with van der Waals surface area (Å²) in [5, 5.41) is 32.8. The zero-order valence-corrected chi connectivity index (χ0v) is 27.2. The van der Waals surface area contributed by atoms with E-state index in [1.54, 1.807) is 6.08 Å². The Morgan fingerprint density at radius 2 is 0.976 bits per heavy atom. The lowest BCUT2D eigenvalue weighted by Crippen LogP contribution is -2.48. The number of hydrogen-bond acceptors (Lipinski definition) is 4. The van der Waals surface area contributed by atoms with E-state index < -0.39 is 24.2 Å². The lowest BCUT2D eigenvalue weighted by atomic mass is 10.1. The van der Waals surface area contributed by atoms with Gasteiger partial charge in [0.2, 0.25) is 5.91 Å². The summed E-state index contributed by atoms with van der Waals surface area (Å²) in [6, 6.07) is -0.797. The van der Waals surface area contributed by atoms with E-state index >= 15 is 0 Å². The molecule has 0 fully saturated rings. The summed E-state index contributed by atoms with van der Waals surface area (Å²) in [7, 11) is 0. The van der Waals surface area contributed by atoms with Gasteiger partial charge in [0.25, 0.3) is 0 Å². The summed E-state index contributed by atoms with van der Waals surface area (Å²) in [4.78, 5) is 12.3. The molecule has 0 aliphatic heterocycles. The minimum atomic E-state index is -1.10. The minimum Gasteiger partial charge on any atom is -0.394 e. The zero-order valence-electron chi connectivity index (χ0n) is 27.2. The summed E-state index contributed by atoms with van der Waals surface area (Å²) in [6.07, 6.45) is 36.2. The van der Waals surface area contributed by atoms with Crippen molar-refractivity contribution in [1.82, 2.24) is 5.32 Å². The molecule has 0 saturated heterocycles. The molecule has 0 aliphatic rings. The van der Waals surface area contributed by atoms with E-state index in [-0.39, 0.29) is 6.61 Å². The minimum absolute atomic E-state index is 0.367. The number of aliphatic hydroxyl groups excluding tert-OH is 3. The third-order valence-corrected chi connectivity index (χ3v) is 8.04. The molecule has 0 aromatic carbocycles. The van der Waals surface area contributed by atoms with E-state index in [1.165, 1.54) is 109 Å². The number of amides is 1. The Kier molecular flexibility index (Phi) is 30.9. The maximum absolute atomic E-state index is 12.3. The van der Waals surface area contributed by atoms with Crippen molar-refractivity contribution in [3.05, 3.63) is 24.3 Å². The van der Waals surface area contributed by atoms with Crippen LogP contribution in [0.4, 0.5) is 0 Å². The van der Waals surface area contributed by atoms with Crippen LogP contribution in [-0.4, -0.2) is 46.1 Å². The Bertz CT molecular complexity index is 606. The fourth-order valence-corrected chi connectivity index (χ4v) is 5.18. The first-order chi connectivity index (χ1) is 20.1. The number of nitrogens with one attached hydrogen (secondary N) is 1. The molecule has 0 bridgehead atoms. The normalized spacial score (nSPS) is 14.2. The lowest BCUT2D eigenvalue weighted by molar-refractivity contribution is -0.131. The van der Waals surface area contributed by atoms with Gasteiger partial charge < -0.3 is 20.6 Å². The summed E-state index contributed by atoms with van der Waals surface area (Å²) in [5.74, 6) is -0.515. The van der Waals surface area contributed by atoms with Gasteiger partial charge >= 0.3 is 0 Å². The van der Waals surface area contributed by atoms with Crippen molar-refractivity contribution in [2.45, 2.75) is 193 Å². The second kappa shape index (κ2) is 31.8.